The first-order valence-electron chi connectivity index (χ1n) is 5.66. The lowest BCUT2D eigenvalue weighted by atomic mass is 9.86. The van der Waals surface area contributed by atoms with Gasteiger partial charge in [0.05, 0.1) is 12.2 Å². The molecular formula is C13H19NO. The van der Waals surface area contributed by atoms with Crippen LogP contribution >= 0.6 is 0 Å². The summed E-state index contributed by atoms with van der Waals surface area (Å²) in [7, 11) is 0. The molecule has 0 radical (unpaired) electrons. The van der Waals surface area contributed by atoms with Crippen molar-refractivity contribution in [3.05, 3.63) is 29.8 Å². The van der Waals surface area contributed by atoms with Crippen LogP contribution < -0.4 is 5.73 Å². The van der Waals surface area contributed by atoms with E-state index in [9.17, 15) is 0 Å². The van der Waals surface area contributed by atoms with Crippen LogP contribution in [0.15, 0.2) is 24.3 Å². The van der Waals surface area contributed by atoms with Crippen LogP contribution in [-0.4, -0.2) is 12.2 Å². The summed E-state index contributed by atoms with van der Waals surface area (Å²) in [6.45, 7) is 4.30. The first-order chi connectivity index (χ1) is 7.15. The number of benzene rings is 1. The molecular weight excluding hydrogens is 186 g/mol. The molecule has 0 saturated carbocycles. The van der Waals surface area contributed by atoms with Gasteiger partial charge in [0.2, 0.25) is 0 Å². The average Bonchev–Trinajstić information content (AvgIpc) is 2.16. The summed E-state index contributed by atoms with van der Waals surface area (Å²) in [5.41, 5.74) is 8.02. The van der Waals surface area contributed by atoms with Crippen molar-refractivity contribution in [1.82, 2.24) is 0 Å². The Bertz CT molecular complexity index is 327. The Kier molecular flexibility index (Phi) is 2.96. The Balaban J connectivity index is 2.16. The van der Waals surface area contributed by atoms with Crippen LogP contribution in [0, 0.1) is 0 Å². The molecule has 0 bridgehead atoms. The molecule has 1 aliphatic rings. The maximum absolute atomic E-state index is 5.80. The van der Waals surface area contributed by atoms with E-state index in [-0.39, 0.29) is 0 Å². The number of hydrogen-bond acceptors (Lipinski definition) is 2. The molecule has 2 unspecified atom stereocenters. The zero-order valence-corrected chi connectivity index (χ0v) is 9.44. The molecule has 15 heavy (non-hydrogen) atoms. The van der Waals surface area contributed by atoms with Crippen LogP contribution in [0.5, 0.6) is 0 Å². The van der Waals surface area contributed by atoms with E-state index in [0.29, 0.717) is 18.1 Å². The van der Waals surface area contributed by atoms with Crippen molar-refractivity contribution in [2.45, 2.75) is 44.8 Å². The van der Waals surface area contributed by atoms with Crippen molar-refractivity contribution >= 4 is 5.69 Å². The van der Waals surface area contributed by atoms with Gasteiger partial charge in [-0.15, -0.1) is 0 Å². The Morgan fingerprint density at radius 1 is 1.20 bits per heavy atom. The number of hydrogen-bond donors (Lipinski definition) is 1. The van der Waals surface area contributed by atoms with Gasteiger partial charge in [-0.05, 0) is 50.3 Å². The third-order valence-electron chi connectivity index (χ3n) is 3.08. The van der Waals surface area contributed by atoms with Crippen LogP contribution in [0.1, 0.15) is 38.2 Å². The molecule has 2 heteroatoms. The summed E-state index contributed by atoms with van der Waals surface area (Å²) < 4.78 is 5.74. The second-order valence-electron chi connectivity index (χ2n) is 4.60. The van der Waals surface area contributed by atoms with Gasteiger partial charge in [-0.3, -0.25) is 0 Å². The van der Waals surface area contributed by atoms with Gasteiger partial charge in [0.1, 0.15) is 0 Å². The van der Waals surface area contributed by atoms with Gasteiger partial charge in [0.15, 0.2) is 0 Å². The minimum Gasteiger partial charge on any atom is -0.399 e. The highest BCUT2D eigenvalue weighted by atomic mass is 16.5. The van der Waals surface area contributed by atoms with E-state index in [1.165, 1.54) is 5.56 Å². The molecule has 82 valence electrons. The van der Waals surface area contributed by atoms with E-state index in [4.69, 9.17) is 10.5 Å². The molecule has 0 spiro atoms. The molecule has 1 aromatic rings. The zero-order chi connectivity index (χ0) is 10.8. The summed E-state index contributed by atoms with van der Waals surface area (Å²) in [4.78, 5) is 0. The summed E-state index contributed by atoms with van der Waals surface area (Å²) in [5, 5.41) is 0. The van der Waals surface area contributed by atoms with Crippen LogP contribution in [0.4, 0.5) is 5.69 Å². The van der Waals surface area contributed by atoms with E-state index in [1.54, 1.807) is 0 Å². The van der Waals surface area contributed by atoms with Crippen molar-refractivity contribution in [2.75, 3.05) is 5.73 Å². The summed E-state index contributed by atoms with van der Waals surface area (Å²) in [6, 6.07) is 8.24. The molecule has 0 aliphatic carbocycles. The molecule has 1 aliphatic heterocycles. The first-order valence-corrected chi connectivity index (χ1v) is 5.66. The van der Waals surface area contributed by atoms with E-state index in [2.05, 4.69) is 26.0 Å². The molecule has 2 rings (SSSR count). The van der Waals surface area contributed by atoms with Gasteiger partial charge in [0, 0.05) is 5.69 Å². The van der Waals surface area contributed by atoms with Crippen molar-refractivity contribution in [2.24, 2.45) is 0 Å². The summed E-state index contributed by atoms with van der Waals surface area (Å²) in [5.74, 6) is 0.604. The highest BCUT2D eigenvalue weighted by molar-refractivity contribution is 5.42. The van der Waals surface area contributed by atoms with Crippen LogP contribution in [0.2, 0.25) is 0 Å². The first kappa shape index (κ1) is 10.5. The zero-order valence-electron chi connectivity index (χ0n) is 9.44. The monoisotopic (exact) mass is 205 g/mol. The van der Waals surface area contributed by atoms with E-state index in [1.807, 2.05) is 12.1 Å². The SMILES string of the molecule is CC1CC(c2cccc(N)c2)CC(C)O1. The summed E-state index contributed by atoms with van der Waals surface area (Å²) in [6.07, 6.45) is 2.93. The Hall–Kier alpha value is -1.02. The molecule has 0 aromatic heterocycles. The number of anilines is 1. The number of rotatable bonds is 1. The third kappa shape index (κ3) is 2.51. The fourth-order valence-electron chi connectivity index (χ4n) is 2.49. The fraction of sp³-hybridized carbons (Fsp3) is 0.538. The van der Waals surface area contributed by atoms with Crippen molar-refractivity contribution in [3.63, 3.8) is 0 Å². The quantitative estimate of drug-likeness (QED) is 0.715. The number of nitrogens with two attached hydrogens (primary N) is 1. The van der Waals surface area contributed by atoms with Gasteiger partial charge in [-0.25, -0.2) is 0 Å². The van der Waals surface area contributed by atoms with Gasteiger partial charge >= 0.3 is 0 Å². The Morgan fingerprint density at radius 3 is 2.47 bits per heavy atom. The third-order valence-corrected chi connectivity index (χ3v) is 3.08. The van der Waals surface area contributed by atoms with Gasteiger partial charge in [-0.1, -0.05) is 12.1 Å². The smallest absolute Gasteiger partial charge is 0.0556 e. The van der Waals surface area contributed by atoms with E-state index in [0.717, 1.165) is 18.5 Å². The maximum atomic E-state index is 5.80. The second kappa shape index (κ2) is 4.23. The predicted octanol–water partition coefficient (Wildman–Crippen LogP) is 2.94. The molecule has 1 fully saturated rings. The molecule has 2 N–H and O–H groups in total. The topological polar surface area (TPSA) is 35.2 Å². The summed E-state index contributed by atoms with van der Waals surface area (Å²) >= 11 is 0. The normalized spacial score (nSPS) is 31.5. The molecule has 2 nitrogen and oxygen atoms in total. The highest BCUT2D eigenvalue weighted by Crippen LogP contribution is 2.33. The van der Waals surface area contributed by atoms with E-state index >= 15 is 0 Å². The van der Waals surface area contributed by atoms with Gasteiger partial charge in [0.25, 0.3) is 0 Å². The second-order valence-corrected chi connectivity index (χ2v) is 4.60. The van der Waals surface area contributed by atoms with E-state index < -0.39 is 0 Å². The number of nitrogen functional groups attached to an aromatic ring is 1. The predicted molar refractivity (Wildman–Crippen MR) is 62.8 cm³/mol. The van der Waals surface area contributed by atoms with Crippen molar-refractivity contribution in [3.8, 4) is 0 Å². The van der Waals surface area contributed by atoms with Crippen molar-refractivity contribution < 1.29 is 4.74 Å². The molecule has 2 atom stereocenters. The highest BCUT2D eigenvalue weighted by Gasteiger charge is 2.25. The lowest BCUT2D eigenvalue weighted by molar-refractivity contribution is -0.0379. The lowest BCUT2D eigenvalue weighted by Gasteiger charge is -2.32. The van der Waals surface area contributed by atoms with Crippen molar-refractivity contribution in [1.29, 1.82) is 0 Å². The van der Waals surface area contributed by atoms with Crippen LogP contribution in [0.3, 0.4) is 0 Å². The van der Waals surface area contributed by atoms with Crippen LogP contribution in [0.25, 0.3) is 0 Å². The largest absolute Gasteiger partial charge is 0.399 e. The maximum Gasteiger partial charge on any atom is 0.0556 e. The number of ether oxygens (including phenoxy) is 1. The standard InChI is InChI=1S/C13H19NO/c1-9-6-12(7-10(2)15-9)11-4-3-5-13(14)8-11/h3-5,8-10,12H,6-7,14H2,1-2H3. The molecule has 0 amide bonds. The minimum atomic E-state index is 0.361. The Morgan fingerprint density at radius 2 is 1.87 bits per heavy atom. The molecule has 1 saturated heterocycles. The van der Waals surface area contributed by atoms with Crippen LogP contribution in [-0.2, 0) is 4.74 Å². The van der Waals surface area contributed by atoms with Gasteiger partial charge < -0.3 is 10.5 Å². The lowest BCUT2D eigenvalue weighted by Crippen LogP contribution is -2.28. The van der Waals surface area contributed by atoms with Gasteiger partial charge in [-0.2, -0.15) is 0 Å². The Labute approximate surface area is 91.4 Å². The molecule has 1 aromatic carbocycles. The fourth-order valence-corrected chi connectivity index (χ4v) is 2.49. The molecule has 1 heterocycles. The average molecular weight is 205 g/mol. The minimum absolute atomic E-state index is 0.361.